The third-order valence-corrected chi connectivity index (χ3v) is 4.09. The van der Waals surface area contributed by atoms with Gasteiger partial charge in [-0.3, -0.25) is 14.9 Å². The summed E-state index contributed by atoms with van der Waals surface area (Å²) < 4.78 is 21.3. The van der Waals surface area contributed by atoms with Crippen LogP contribution in [0.5, 0.6) is 17.2 Å². The standard InChI is InChI=1S/C19H18N2O8/c1-11-18(29-15-6-4-3-5-14(15)28-11)19(23)27-10-17(22)20-13-8-7-12(21(24)25)9-16(13)26-2/h3-9,11,18H,10H2,1-2H3,(H,20,22). The number of nitrogens with one attached hydrogen (secondary N) is 1. The number of para-hydroxylation sites is 2. The number of nitro benzene ring substituents is 1. The van der Waals surface area contributed by atoms with Crippen LogP contribution in [0.2, 0.25) is 0 Å². The summed E-state index contributed by atoms with van der Waals surface area (Å²) in [5.41, 5.74) is 0.0219. The molecule has 10 nitrogen and oxygen atoms in total. The number of nitrogens with zero attached hydrogens (tertiary/aromatic N) is 1. The first-order chi connectivity index (χ1) is 13.9. The fraction of sp³-hybridized carbons (Fsp3) is 0.263. The number of carbonyl (C=O) groups excluding carboxylic acids is 2. The highest BCUT2D eigenvalue weighted by molar-refractivity contribution is 5.94. The number of amides is 1. The zero-order valence-corrected chi connectivity index (χ0v) is 15.6. The van der Waals surface area contributed by atoms with Gasteiger partial charge in [-0.1, -0.05) is 12.1 Å². The molecular weight excluding hydrogens is 384 g/mol. The summed E-state index contributed by atoms with van der Waals surface area (Å²) in [6.07, 6.45) is -1.62. The number of hydrogen-bond acceptors (Lipinski definition) is 8. The molecule has 1 amide bonds. The summed E-state index contributed by atoms with van der Waals surface area (Å²) in [6.45, 7) is 1.08. The lowest BCUT2D eigenvalue weighted by Gasteiger charge is -2.30. The predicted octanol–water partition coefficient (Wildman–Crippen LogP) is 2.31. The van der Waals surface area contributed by atoms with Crippen molar-refractivity contribution in [3.8, 4) is 17.2 Å². The van der Waals surface area contributed by atoms with E-state index in [4.69, 9.17) is 18.9 Å². The van der Waals surface area contributed by atoms with Crippen molar-refractivity contribution >= 4 is 23.3 Å². The third kappa shape index (κ3) is 4.54. The number of anilines is 1. The average Bonchev–Trinajstić information content (AvgIpc) is 2.71. The Balaban J connectivity index is 1.58. The second kappa shape index (κ2) is 8.46. The van der Waals surface area contributed by atoms with E-state index in [1.807, 2.05) is 0 Å². The topological polar surface area (TPSA) is 126 Å². The van der Waals surface area contributed by atoms with Crippen molar-refractivity contribution in [1.29, 1.82) is 0 Å². The number of non-ortho nitro benzene ring substituents is 1. The van der Waals surface area contributed by atoms with E-state index in [-0.39, 0.29) is 17.1 Å². The van der Waals surface area contributed by atoms with Crippen LogP contribution in [0.4, 0.5) is 11.4 Å². The second-order valence-corrected chi connectivity index (χ2v) is 6.11. The maximum absolute atomic E-state index is 12.3. The minimum Gasteiger partial charge on any atom is -0.494 e. The van der Waals surface area contributed by atoms with Gasteiger partial charge in [0.05, 0.1) is 23.8 Å². The van der Waals surface area contributed by atoms with Crippen molar-refractivity contribution in [1.82, 2.24) is 0 Å². The average molecular weight is 402 g/mol. The van der Waals surface area contributed by atoms with Gasteiger partial charge in [0.25, 0.3) is 11.6 Å². The van der Waals surface area contributed by atoms with Crippen molar-refractivity contribution in [2.75, 3.05) is 19.0 Å². The molecule has 1 aliphatic rings. The number of ether oxygens (including phenoxy) is 4. The van der Waals surface area contributed by atoms with Crippen molar-refractivity contribution in [2.45, 2.75) is 19.1 Å². The van der Waals surface area contributed by atoms with Crippen LogP contribution in [-0.4, -0.2) is 42.7 Å². The summed E-state index contributed by atoms with van der Waals surface area (Å²) in [5, 5.41) is 13.3. The zero-order chi connectivity index (χ0) is 21.0. The first kappa shape index (κ1) is 19.9. The molecular formula is C19H18N2O8. The van der Waals surface area contributed by atoms with E-state index in [9.17, 15) is 19.7 Å². The van der Waals surface area contributed by atoms with Gasteiger partial charge in [-0.15, -0.1) is 0 Å². The molecule has 1 heterocycles. The highest BCUT2D eigenvalue weighted by Gasteiger charge is 2.35. The van der Waals surface area contributed by atoms with Crippen LogP contribution in [0.25, 0.3) is 0 Å². The van der Waals surface area contributed by atoms with Crippen LogP contribution in [-0.2, 0) is 14.3 Å². The zero-order valence-electron chi connectivity index (χ0n) is 15.6. The van der Waals surface area contributed by atoms with Crippen LogP contribution < -0.4 is 19.5 Å². The van der Waals surface area contributed by atoms with Crippen molar-refractivity contribution < 1.29 is 33.5 Å². The molecule has 0 saturated carbocycles. The number of benzene rings is 2. The predicted molar refractivity (Wildman–Crippen MR) is 100 cm³/mol. The van der Waals surface area contributed by atoms with E-state index < -0.39 is 35.6 Å². The van der Waals surface area contributed by atoms with E-state index >= 15 is 0 Å². The lowest BCUT2D eigenvalue weighted by atomic mass is 10.2. The van der Waals surface area contributed by atoms with Crippen molar-refractivity contribution in [3.05, 3.63) is 52.6 Å². The lowest BCUT2D eigenvalue weighted by molar-refractivity contribution is -0.384. The van der Waals surface area contributed by atoms with Crippen LogP contribution >= 0.6 is 0 Å². The van der Waals surface area contributed by atoms with Crippen molar-refractivity contribution in [2.24, 2.45) is 0 Å². The number of methoxy groups -OCH3 is 1. The molecule has 0 spiro atoms. The molecule has 10 heteroatoms. The van der Waals surface area contributed by atoms with Gasteiger partial charge in [-0.2, -0.15) is 0 Å². The van der Waals surface area contributed by atoms with Crippen LogP contribution in [0.1, 0.15) is 6.92 Å². The molecule has 2 aromatic carbocycles. The second-order valence-electron chi connectivity index (χ2n) is 6.11. The minimum absolute atomic E-state index is 0.105. The van der Waals surface area contributed by atoms with Gasteiger partial charge in [0.1, 0.15) is 11.9 Å². The van der Waals surface area contributed by atoms with Gasteiger partial charge in [0, 0.05) is 6.07 Å². The van der Waals surface area contributed by atoms with Gasteiger partial charge in [-0.25, -0.2) is 4.79 Å². The number of nitro groups is 1. The summed E-state index contributed by atoms with van der Waals surface area (Å²) in [4.78, 5) is 34.7. The molecule has 2 atom stereocenters. The number of fused-ring (bicyclic) bond motifs is 1. The summed E-state index contributed by atoms with van der Waals surface area (Å²) in [5.74, 6) is -0.360. The number of esters is 1. The Bertz CT molecular complexity index is 946. The van der Waals surface area contributed by atoms with Gasteiger partial charge >= 0.3 is 5.97 Å². The molecule has 1 N–H and O–H groups in total. The monoisotopic (exact) mass is 402 g/mol. The number of carbonyl (C=O) groups is 2. The molecule has 0 aliphatic carbocycles. The molecule has 2 aromatic rings. The minimum atomic E-state index is -1.02. The largest absolute Gasteiger partial charge is 0.494 e. The molecule has 3 rings (SSSR count). The molecule has 29 heavy (non-hydrogen) atoms. The van der Waals surface area contributed by atoms with Crippen LogP contribution in [0, 0.1) is 10.1 Å². The maximum Gasteiger partial charge on any atom is 0.351 e. The van der Waals surface area contributed by atoms with E-state index in [2.05, 4.69) is 5.32 Å². The van der Waals surface area contributed by atoms with Gasteiger partial charge < -0.3 is 24.3 Å². The highest BCUT2D eigenvalue weighted by Crippen LogP contribution is 2.33. The van der Waals surface area contributed by atoms with Gasteiger partial charge in [0.2, 0.25) is 6.10 Å². The lowest BCUT2D eigenvalue weighted by Crippen LogP contribution is -2.45. The Labute approximate surface area is 165 Å². The Kier molecular flexibility index (Phi) is 5.82. The van der Waals surface area contributed by atoms with E-state index in [0.717, 1.165) is 0 Å². The molecule has 0 saturated heterocycles. The van der Waals surface area contributed by atoms with E-state index in [1.54, 1.807) is 31.2 Å². The van der Waals surface area contributed by atoms with E-state index in [1.165, 1.54) is 25.3 Å². The molecule has 1 aliphatic heterocycles. The quantitative estimate of drug-likeness (QED) is 0.443. The third-order valence-electron chi connectivity index (χ3n) is 4.09. The summed E-state index contributed by atoms with van der Waals surface area (Å²) >= 11 is 0. The normalized spacial score (nSPS) is 17.2. The Hall–Kier alpha value is -3.82. The first-order valence-corrected chi connectivity index (χ1v) is 8.60. The van der Waals surface area contributed by atoms with Crippen LogP contribution in [0.3, 0.4) is 0 Å². The molecule has 2 unspecified atom stereocenters. The van der Waals surface area contributed by atoms with Crippen molar-refractivity contribution in [3.63, 3.8) is 0 Å². The fourth-order valence-electron chi connectivity index (χ4n) is 2.68. The van der Waals surface area contributed by atoms with Gasteiger partial charge in [0.15, 0.2) is 18.1 Å². The smallest absolute Gasteiger partial charge is 0.351 e. The SMILES string of the molecule is COc1cc([N+](=O)[O-])ccc1NC(=O)COC(=O)C1Oc2ccccc2OC1C. The molecule has 0 radical (unpaired) electrons. The molecule has 0 aromatic heterocycles. The highest BCUT2D eigenvalue weighted by atomic mass is 16.6. The fourth-order valence-corrected chi connectivity index (χ4v) is 2.68. The first-order valence-electron chi connectivity index (χ1n) is 8.60. The summed E-state index contributed by atoms with van der Waals surface area (Å²) in [7, 11) is 1.31. The molecule has 0 bridgehead atoms. The maximum atomic E-state index is 12.3. The van der Waals surface area contributed by atoms with Gasteiger partial charge in [-0.05, 0) is 25.1 Å². The molecule has 152 valence electrons. The Morgan fingerprint density at radius 2 is 1.86 bits per heavy atom. The summed E-state index contributed by atoms with van der Waals surface area (Å²) in [6, 6.07) is 10.6. The number of hydrogen-bond donors (Lipinski definition) is 1. The Morgan fingerprint density at radius 3 is 2.52 bits per heavy atom. The van der Waals surface area contributed by atoms with E-state index in [0.29, 0.717) is 11.5 Å². The van der Waals surface area contributed by atoms with Crippen LogP contribution in [0.15, 0.2) is 42.5 Å². The molecule has 0 fully saturated rings. The Morgan fingerprint density at radius 1 is 1.17 bits per heavy atom. The number of rotatable bonds is 6.